The van der Waals surface area contributed by atoms with Gasteiger partial charge < -0.3 is 11.1 Å². The average Bonchev–Trinajstić information content (AvgIpc) is 2.75. The lowest BCUT2D eigenvalue weighted by atomic mass is 9.98. The Kier molecular flexibility index (Phi) is 2.83. The van der Waals surface area contributed by atoms with Crippen molar-refractivity contribution in [3.05, 3.63) is 12.2 Å². The van der Waals surface area contributed by atoms with Gasteiger partial charge in [-0.25, -0.2) is 0 Å². The van der Waals surface area contributed by atoms with Crippen molar-refractivity contribution in [3.63, 3.8) is 0 Å². The number of nitrogens with one attached hydrogen (secondary N) is 1. The molecule has 0 bridgehead atoms. The molecule has 1 fully saturated rings. The minimum Gasteiger partial charge on any atom is -0.350 e. The van der Waals surface area contributed by atoms with Gasteiger partial charge in [0.25, 0.3) is 0 Å². The number of hydrogen-bond donors (Lipinski definition) is 2. The molecule has 0 saturated heterocycles. The molecule has 3 heteroatoms. The minimum absolute atomic E-state index is 0.00238. The van der Waals surface area contributed by atoms with Crippen LogP contribution in [0, 0.1) is 5.92 Å². The summed E-state index contributed by atoms with van der Waals surface area (Å²) in [4.78, 5) is 11.9. The molecule has 2 aliphatic rings. The molecule has 15 heavy (non-hydrogen) atoms. The van der Waals surface area contributed by atoms with Crippen molar-refractivity contribution < 1.29 is 4.79 Å². The zero-order valence-electron chi connectivity index (χ0n) is 9.33. The second-order valence-corrected chi connectivity index (χ2v) is 5.15. The van der Waals surface area contributed by atoms with Crippen LogP contribution in [0.15, 0.2) is 12.2 Å². The van der Waals surface area contributed by atoms with Crippen molar-refractivity contribution in [2.45, 2.75) is 50.6 Å². The number of rotatable bonds is 2. The van der Waals surface area contributed by atoms with Crippen LogP contribution in [-0.4, -0.2) is 17.5 Å². The Morgan fingerprint density at radius 3 is 2.60 bits per heavy atom. The van der Waals surface area contributed by atoms with Gasteiger partial charge in [0.2, 0.25) is 5.91 Å². The molecule has 84 valence electrons. The van der Waals surface area contributed by atoms with Crippen LogP contribution in [0.3, 0.4) is 0 Å². The summed E-state index contributed by atoms with van der Waals surface area (Å²) in [5.74, 6) is 0.154. The number of carbonyl (C=O) groups excluding carboxylic acids is 1. The van der Waals surface area contributed by atoms with E-state index in [0.29, 0.717) is 0 Å². The van der Waals surface area contributed by atoms with Gasteiger partial charge in [-0.3, -0.25) is 4.79 Å². The smallest absolute Gasteiger partial charge is 0.227 e. The van der Waals surface area contributed by atoms with E-state index in [1.807, 2.05) is 12.2 Å². The fourth-order valence-electron chi connectivity index (χ4n) is 2.59. The van der Waals surface area contributed by atoms with Crippen molar-refractivity contribution >= 4 is 5.91 Å². The second kappa shape index (κ2) is 3.97. The maximum atomic E-state index is 11.9. The summed E-state index contributed by atoms with van der Waals surface area (Å²) in [5, 5.41) is 3.17. The third kappa shape index (κ3) is 2.40. The van der Waals surface area contributed by atoms with E-state index in [-0.39, 0.29) is 23.4 Å². The van der Waals surface area contributed by atoms with Crippen LogP contribution in [0.2, 0.25) is 0 Å². The summed E-state index contributed by atoms with van der Waals surface area (Å²) in [5.41, 5.74) is 5.78. The predicted molar refractivity (Wildman–Crippen MR) is 60.2 cm³/mol. The summed E-state index contributed by atoms with van der Waals surface area (Å²) >= 11 is 0. The molecule has 2 unspecified atom stereocenters. The monoisotopic (exact) mass is 208 g/mol. The van der Waals surface area contributed by atoms with Crippen molar-refractivity contribution in [2.24, 2.45) is 11.7 Å². The van der Waals surface area contributed by atoms with Crippen LogP contribution in [0.1, 0.15) is 39.0 Å². The predicted octanol–water partition coefficient (Wildman–Crippen LogP) is 1.34. The molecule has 0 radical (unpaired) electrons. The highest BCUT2D eigenvalue weighted by Gasteiger charge is 2.33. The minimum atomic E-state index is -0.00238. The molecular formula is C12H20N2O. The SMILES string of the molecule is CC1(NC(=O)C2C=CC(N)C2)CCCC1. The van der Waals surface area contributed by atoms with Crippen molar-refractivity contribution in [2.75, 3.05) is 0 Å². The fraction of sp³-hybridized carbons (Fsp3) is 0.750. The maximum absolute atomic E-state index is 11.9. The van der Waals surface area contributed by atoms with Crippen LogP contribution in [0.4, 0.5) is 0 Å². The van der Waals surface area contributed by atoms with Crippen molar-refractivity contribution in [3.8, 4) is 0 Å². The van der Waals surface area contributed by atoms with Gasteiger partial charge in [-0.1, -0.05) is 25.0 Å². The van der Waals surface area contributed by atoms with E-state index in [0.717, 1.165) is 19.3 Å². The first-order valence-electron chi connectivity index (χ1n) is 5.85. The van der Waals surface area contributed by atoms with E-state index >= 15 is 0 Å². The fourth-order valence-corrected chi connectivity index (χ4v) is 2.59. The van der Waals surface area contributed by atoms with Crippen LogP contribution in [-0.2, 0) is 4.79 Å². The molecule has 0 heterocycles. The topological polar surface area (TPSA) is 55.1 Å². The molecule has 3 N–H and O–H groups in total. The molecule has 2 aliphatic carbocycles. The summed E-state index contributed by atoms with van der Waals surface area (Å²) in [6, 6.07) is 0.0668. The number of amides is 1. The normalized spacial score (nSPS) is 33.2. The van der Waals surface area contributed by atoms with Gasteiger partial charge in [0, 0.05) is 11.6 Å². The van der Waals surface area contributed by atoms with E-state index in [4.69, 9.17) is 5.73 Å². The lowest BCUT2D eigenvalue weighted by molar-refractivity contribution is -0.125. The first-order valence-corrected chi connectivity index (χ1v) is 5.85. The number of carbonyl (C=O) groups is 1. The third-order valence-corrected chi connectivity index (χ3v) is 3.59. The van der Waals surface area contributed by atoms with Gasteiger partial charge in [-0.2, -0.15) is 0 Å². The zero-order valence-corrected chi connectivity index (χ0v) is 9.33. The lowest BCUT2D eigenvalue weighted by Crippen LogP contribution is -2.46. The molecule has 1 saturated carbocycles. The van der Waals surface area contributed by atoms with Crippen LogP contribution < -0.4 is 11.1 Å². The first-order chi connectivity index (χ1) is 7.09. The van der Waals surface area contributed by atoms with Gasteiger partial charge in [0.15, 0.2) is 0 Å². The Balaban J connectivity index is 1.89. The quantitative estimate of drug-likeness (QED) is 0.673. The van der Waals surface area contributed by atoms with Crippen molar-refractivity contribution in [1.29, 1.82) is 0 Å². The highest BCUT2D eigenvalue weighted by molar-refractivity contribution is 5.81. The third-order valence-electron chi connectivity index (χ3n) is 3.59. The molecule has 0 aliphatic heterocycles. The Hall–Kier alpha value is -0.830. The average molecular weight is 208 g/mol. The number of nitrogens with two attached hydrogens (primary N) is 1. The Labute approximate surface area is 91.1 Å². The van der Waals surface area contributed by atoms with E-state index in [2.05, 4.69) is 12.2 Å². The molecule has 0 aromatic carbocycles. The molecule has 1 amide bonds. The summed E-state index contributed by atoms with van der Waals surface area (Å²) in [7, 11) is 0. The molecule has 2 rings (SSSR count). The summed E-state index contributed by atoms with van der Waals surface area (Å²) in [6.07, 6.45) is 9.33. The Bertz CT molecular complexity index is 279. The highest BCUT2D eigenvalue weighted by Crippen LogP contribution is 2.29. The molecule has 0 aromatic heterocycles. The maximum Gasteiger partial charge on any atom is 0.227 e. The Morgan fingerprint density at radius 2 is 2.07 bits per heavy atom. The van der Waals surface area contributed by atoms with E-state index in [1.54, 1.807) is 0 Å². The standard InChI is InChI=1S/C12H20N2O/c1-12(6-2-3-7-12)14-11(15)9-4-5-10(13)8-9/h4-5,9-10H,2-3,6-8,13H2,1H3,(H,14,15). The molecule has 2 atom stereocenters. The van der Waals surface area contributed by atoms with Crippen molar-refractivity contribution in [1.82, 2.24) is 5.32 Å². The van der Waals surface area contributed by atoms with Crippen LogP contribution in [0.5, 0.6) is 0 Å². The van der Waals surface area contributed by atoms with E-state index in [9.17, 15) is 4.79 Å². The van der Waals surface area contributed by atoms with Crippen LogP contribution in [0.25, 0.3) is 0 Å². The largest absolute Gasteiger partial charge is 0.350 e. The first kappa shape index (κ1) is 10.7. The molecule has 3 nitrogen and oxygen atoms in total. The van der Waals surface area contributed by atoms with Crippen LogP contribution >= 0.6 is 0 Å². The van der Waals surface area contributed by atoms with Gasteiger partial charge >= 0.3 is 0 Å². The zero-order chi connectivity index (χ0) is 10.9. The van der Waals surface area contributed by atoms with Gasteiger partial charge in [-0.15, -0.1) is 0 Å². The molecule has 0 aromatic rings. The molecular weight excluding hydrogens is 188 g/mol. The summed E-state index contributed by atoms with van der Waals surface area (Å²) < 4.78 is 0. The van der Waals surface area contributed by atoms with Gasteiger partial charge in [0.1, 0.15) is 0 Å². The Morgan fingerprint density at radius 1 is 1.40 bits per heavy atom. The van der Waals surface area contributed by atoms with E-state index in [1.165, 1.54) is 12.8 Å². The summed E-state index contributed by atoms with van der Waals surface area (Å²) in [6.45, 7) is 2.15. The number of hydrogen-bond acceptors (Lipinski definition) is 2. The van der Waals surface area contributed by atoms with Gasteiger partial charge in [0.05, 0.1) is 5.92 Å². The lowest BCUT2D eigenvalue weighted by Gasteiger charge is -2.26. The second-order valence-electron chi connectivity index (χ2n) is 5.15. The highest BCUT2D eigenvalue weighted by atomic mass is 16.2. The van der Waals surface area contributed by atoms with E-state index < -0.39 is 0 Å². The van der Waals surface area contributed by atoms with Gasteiger partial charge in [-0.05, 0) is 26.2 Å². The molecule has 0 spiro atoms.